The SMILES string of the molecule is NC(Cc1csc2ccccc12)c1ccc(Br)cc1Cl. The maximum absolute atomic E-state index is 6.33. The van der Waals surface area contributed by atoms with Crippen LogP contribution in [0.1, 0.15) is 17.2 Å². The Bertz CT molecular complexity index is 753. The lowest BCUT2D eigenvalue weighted by molar-refractivity contribution is 0.727. The summed E-state index contributed by atoms with van der Waals surface area (Å²) in [5.41, 5.74) is 8.61. The van der Waals surface area contributed by atoms with Gasteiger partial charge in [-0.2, -0.15) is 0 Å². The molecule has 3 rings (SSSR count). The average Bonchev–Trinajstić information content (AvgIpc) is 2.82. The molecule has 0 radical (unpaired) electrons. The average molecular weight is 367 g/mol. The van der Waals surface area contributed by atoms with E-state index < -0.39 is 0 Å². The Morgan fingerprint density at radius 1 is 1.20 bits per heavy atom. The van der Waals surface area contributed by atoms with Crippen LogP contribution in [-0.4, -0.2) is 0 Å². The molecular weight excluding hydrogens is 354 g/mol. The van der Waals surface area contributed by atoms with Gasteiger partial charge in [0, 0.05) is 20.2 Å². The van der Waals surface area contributed by atoms with Gasteiger partial charge in [0.05, 0.1) is 0 Å². The van der Waals surface area contributed by atoms with Crippen LogP contribution >= 0.6 is 38.9 Å². The summed E-state index contributed by atoms with van der Waals surface area (Å²) >= 11 is 11.5. The summed E-state index contributed by atoms with van der Waals surface area (Å²) in [6.45, 7) is 0. The molecule has 0 aliphatic rings. The summed E-state index contributed by atoms with van der Waals surface area (Å²) in [4.78, 5) is 0. The van der Waals surface area contributed by atoms with E-state index in [0.29, 0.717) is 5.02 Å². The summed E-state index contributed by atoms with van der Waals surface area (Å²) in [5.74, 6) is 0. The van der Waals surface area contributed by atoms with Crippen LogP contribution in [0.15, 0.2) is 52.3 Å². The minimum atomic E-state index is -0.0893. The highest BCUT2D eigenvalue weighted by atomic mass is 79.9. The van der Waals surface area contributed by atoms with E-state index in [0.717, 1.165) is 16.5 Å². The van der Waals surface area contributed by atoms with Gasteiger partial charge >= 0.3 is 0 Å². The van der Waals surface area contributed by atoms with Crippen molar-refractivity contribution >= 4 is 49.0 Å². The molecule has 0 fully saturated rings. The Balaban J connectivity index is 1.90. The van der Waals surface area contributed by atoms with E-state index in [1.165, 1.54) is 15.6 Å². The fourth-order valence-corrected chi connectivity index (χ4v) is 4.13. The van der Waals surface area contributed by atoms with Crippen LogP contribution in [0.2, 0.25) is 5.02 Å². The molecule has 4 heteroatoms. The molecule has 2 N–H and O–H groups in total. The Morgan fingerprint density at radius 3 is 2.80 bits per heavy atom. The van der Waals surface area contributed by atoms with Crippen molar-refractivity contribution in [2.24, 2.45) is 5.73 Å². The maximum atomic E-state index is 6.33. The van der Waals surface area contributed by atoms with Gasteiger partial charge in [0.15, 0.2) is 0 Å². The molecule has 102 valence electrons. The van der Waals surface area contributed by atoms with E-state index in [2.05, 4.69) is 45.6 Å². The van der Waals surface area contributed by atoms with Crippen molar-refractivity contribution in [2.75, 3.05) is 0 Å². The first-order valence-corrected chi connectivity index (χ1v) is 8.36. The third-order valence-electron chi connectivity index (χ3n) is 3.36. The minimum absolute atomic E-state index is 0.0893. The molecule has 1 aromatic heterocycles. The fraction of sp³-hybridized carbons (Fsp3) is 0.125. The normalized spacial score (nSPS) is 12.8. The molecule has 1 atom stereocenters. The minimum Gasteiger partial charge on any atom is -0.324 e. The predicted molar refractivity (Wildman–Crippen MR) is 91.6 cm³/mol. The van der Waals surface area contributed by atoms with Crippen molar-refractivity contribution < 1.29 is 0 Å². The Hall–Kier alpha value is -0.870. The van der Waals surface area contributed by atoms with Crippen molar-refractivity contribution in [3.8, 4) is 0 Å². The Morgan fingerprint density at radius 2 is 2.00 bits per heavy atom. The van der Waals surface area contributed by atoms with E-state index in [4.69, 9.17) is 17.3 Å². The number of thiophene rings is 1. The van der Waals surface area contributed by atoms with E-state index in [9.17, 15) is 0 Å². The van der Waals surface area contributed by atoms with Gasteiger partial charge in [-0.3, -0.25) is 0 Å². The molecule has 2 aromatic carbocycles. The molecule has 1 unspecified atom stereocenters. The summed E-state index contributed by atoms with van der Waals surface area (Å²) in [6.07, 6.45) is 0.797. The van der Waals surface area contributed by atoms with Crippen molar-refractivity contribution in [3.05, 3.63) is 68.5 Å². The molecule has 1 heterocycles. The van der Waals surface area contributed by atoms with Gasteiger partial charge < -0.3 is 5.73 Å². The molecule has 0 aliphatic carbocycles. The quantitative estimate of drug-likeness (QED) is 0.645. The molecule has 0 saturated heterocycles. The Kier molecular flexibility index (Phi) is 4.13. The van der Waals surface area contributed by atoms with E-state index in [1.807, 2.05) is 18.2 Å². The molecule has 0 bridgehead atoms. The van der Waals surface area contributed by atoms with Crippen molar-refractivity contribution in [3.63, 3.8) is 0 Å². The number of rotatable bonds is 3. The van der Waals surface area contributed by atoms with Gasteiger partial charge in [0.1, 0.15) is 0 Å². The van der Waals surface area contributed by atoms with Crippen LogP contribution < -0.4 is 5.73 Å². The highest BCUT2D eigenvalue weighted by molar-refractivity contribution is 9.10. The summed E-state index contributed by atoms with van der Waals surface area (Å²) < 4.78 is 2.27. The highest BCUT2D eigenvalue weighted by Crippen LogP contribution is 2.31. The largest absolute Gasteiger partial charge is 0.324 e. The first-order valence-electron chi connectivity index (χ1n) is 6.31. The zero-order valence-corrected chi connectivity index (χ0v) is 13.8. The fourth-order valence-electron chi connectivity index (χ4n) is 2.34. The van der Waals surface area contributed by atoms with Crippen molar-refractivity contribution in [1.29, 1.82) is 0 Å². The van der Waals surface area contributed by atoms with Crippen LogP contribution in [0.4, 0.5) is 0 Å². The molecule has 0 aliphatic heterocycles. The number of fused-ring (bicyclic) bond motifs is 1. The lowest BCUT2D eigenvalue weighted by atomic mass is 9.99. The van der Waals surface area contributed by atoms with Gasteiger partial charge in [-0.25, -0.2) is 0 Å². The van der Waals surface area contributed by atoms with Gasteiger partial charge in [0.2, 0.25) is 0 Å². The first-order chi connectivity index (χ1) is 9.65. The second kappa shape index (κ2) is 5.86. The van der Waals surface area contributed by atoms with Gasteiger partial charge in [-0.1, -0.05) is 51.8 Å². The zero-order chi connectivity index (χ0) is 14.1. The lowest BCUT2D eigenvalue weighted by Gasteiger charge is -2.13. The molecule has 0 saturated carbocycles. The van der Waals surface area contributed by atoms with E-state index in [-0.39, 0.29) is 6.04 Å². The van der Waals surface area contributed by atoms with Crippen LogP contribution in [0.5, 0.6) is 0 Å². The number of benzene rings is 2. The van der Waals surface area contributed by atoms with Gasteiger partial charge in [-0.05, 0) is 46.5 Å². The maximum Gasteiger partial charge on any atom is 0.0465 e. The summed E-state index contributed by atoms with van der Waals surface area (Å²) in [6, 6.07) is 14.2. The molecule has 1 nitrogen and oxygen atoms in total. The zero-order valence-electron chi connectivity index (χ0n) is 10.6. The third kappa shape index (κ3) is 2.77. The predicted octanol–water partition coefficient (Wildman–Crippen LogP) is 5.56. The molecule has 3 aromatic rings. The summed E-state index contributed by atoms with van der Waals surface area (Å²) in [5, 5.41) is 4.20. The van der Waals surface area contributed by atoms with Crippen LogP contribution in [0.25, 0.3) is 10.1 Å². The lowest BCUT2D eigenvalue weighted by Crippen LogP contribution is -2.13. The first kappa shape index (κ1) is 14.1. The second-order valence-electron chi connectivity index (χ2n) is 4.73. The molecule has 0 spiro atoms. The second-order valence-corrected chi connectivity index (χ2v) is 6.97. The number of hydrogen-bond acceptors (Lipinski definition) is 2. The number of hydrogen-bond donors (Lipinski definition) is 1. The third-order valence-corrected chi connectivity index (χ3v) is 5.20. The molecule has 0 amide bonds. The topological polar surface area (TPSA) is 26.0 Å². The molecule has 20 heavy (non-hydrogen) atoms. The van der Waals surface area contributed by atoms with Gasteiger partial charge in [0.25, 0.3) is 0 Å². The standard InChI is InChI=1S/C16H13BrClNS/c17-11-5-6-13(14(18)8-11)15(19)7-10-9-20-16-4-2-1-3-12(10)16/h1-6,8-9,15H,7,19H2. The van der Waals surface area contributed by atoms with Crippen molar-refractivity contribution in [1.82, 2.24) is 0 Å². The number of nitrogens with two attached hydrogens (primary N) is 1. The summed E-state index contributed by atoms with van der Waals surface area (Å²) in [7, 11) is 0. The van der Waals surface area contributed by atoms with E-state index >= 15 is 0 Å². The smallest absolute Gasteiger partial charge is 0.0465 e. The molecular formula is C16H13BrClNS. The van der Waals surface area contributed by atoms with Crippen LogP contribution in [-0.2, 0) is 6.42 Å². The van der Waals surface area contributed by atoms with Crippen LogP contribution in [0.3, 0.4) is 0 Å². The van der Waals surface area contributed by atoms with Crippen LogP contribution in [0, 0.1) is 0 Å². The highest BCUT2D eigenvalue weighted by Gasteiger charge is 2.13. The van der Waals surface area contributed by atoms with Gasteiger partial charge in [-0.15, -0.1) is 11.3 Å². The monoisotopic (exact) mass is 365 g/mol. The Labute approximate surface area is 135 Å². The number of halogens is 2. The van der Waals surface area contributed by atoms with E-state index in [1.54, 1.807) is 11.3 Å². The van der Waals surface area contributed by atoms with Crippen molar-refractivity contribution in [2.45, 2.75) is 12.5 Å².